The molecular weight excluding hydrogens is 264 g/mol. The van der Waals surface area contributed by atoms with E-state index in [2.05, 4.69) is 10.6 Å². The van der Waals surface area contributed by atoms with E-state index in [9.17, 15) is 9.90 Å². The highest BCUT2D eigenvalue weighted by Crippen LogP contribution is 2.26. The number of para-hydroxylation sites is 1. The van der Waals surface area contributed by atoms with Gasteiger partial charge < -0.3 is 15.7 Å². The smallest absolute Gasteiger partial charge is 0.251 e. The summed E-state index contributed by atoms with van der Waals surface area (Å²) in [5, 5.41) is 15.9. The second kappa shape index (κ2) is 6.79. The van der Waals surface area contributed by atoms with E-state index in [0.717, 1.165) is 11.3 Å². The van der Waals surface area contributed by atoms with Crippen molar-refractivity contribution in [3.8, 4) is 5.75 Å². The Morgan fingerprint density at radius 3 is 2.43 bits per heavy atom. The molecule has 0 radical (unpaired) electrons. The Morgan fingerprint density at radius 2 is 1.81 bits per heavy atom. The number of benzene rings is 2. The van der Waals surface area contributed by atoms with E-state index in [1.165, 1.54) is 0 Å². The van der Waals surface area contributed by atoms with Gasteiger partial charge in [0.1, 0.15) is 5.75 Å². The van der Waals surface area contributed by atoms with E-state index >= 15 is 0 Å². The van der Waals surface area contributed by atoms with Crippen LogP contribution in [0.5, 0.6) is 5.75 Å². The SMILES string of the molecule is CCNC(=O)c1ccc(NC(C)c2ccccc2O)cc1. The Labute approximate surface area is 124 Å². The maximum absolute atomic E-state index is 11.7. The van der Waals surface area contributed by atoms with Crippen LogP contribution in [0.25, 0.3) is 0 Å². The van der Waals surface area contributed by atoms with Crippen molar-refractivity contribution in [1.29, 1.82) is 0 Å². The molecular formula is C17H20N2O2. The third-order valence-corrected chi connectivity index (χ3v) is 3.27. The van der Waals surface area contributed by atoms with E-state index in [1.54, 1.807) is 24.3 Å². The molecule has 0 fully saturated rings. The molecule has 21 heavy (non-hydrogen) atoms. The van der Waals surface area contributed by atoms with Gasteiger partial charge in [-0.2, -0.15) is 0 Å². The molecule has 0 aromatic heterocycles. The molecule has 2 aromatic carbocycles. The highest BCUT2D eigenvalue weighted by atomic mass is 16.3. The average molecular weight is 284 g/mol. The molecule has 2 aromatic rings. The summed E-state index contributed by atoms with van der Waals surface area (Å²) in [7, 11) is 0. The predicted molar refractivity (Wildman–Crippen MR) is 84.6 cm³/mol. The van der Waals surface area contributed by atoms with Gasteiger partial charge in [-0.25, -0.2) is 0 Å². The lowest BCUT2D eigenvalue weighted by atomic mass is 10.1. The molecule has 0 aliphatic carbocycles. The topological polar surface area (TPSA) is 61.4 Å². The fourth-order valence-corrected chi connectivity index (χ4v) is 2.16. The largest absolute Gasteiger partial charge is 0.508 e. The number of phenolic OH excluding ortho intramolecular Hbond substituents is 1. The number of anilines is 1. The number of rotatable bonds is 5. The molecule has 0 aliphatic rings. The maximum Gasteiger partial charge on any atom is 0.251 e. The monoisotopic (exact) mass is 284 g/mol. The number of amides is 1. The fraction of sp³-hybridized carbons (Fsp3) is 0.235. The fourth-order valence-electron chi connectivity index (χ4n) is 2.16. The van der Waals surface area contributed by atoms with Gasteiger partial charge in [-0.1, -0.05) is 18.2 Å². The van der Waals surface area contributed by atoms with Crippen molar-refractivity contribution in [3.63, 3.8) is 0 Å². The number of carbonyl (C=O) groups excluding carboxylic acids is 1. The van der Waals surface area contributed by atoms with Gasteiger partial charge in [-0.05, 0) is 44.2 Å². The summed E-state index contributed by atoms with van der Waals surface area (Å²) in [6.07, 6.45) is 0. The standard InChI is InChI=1S/C17H20N2O2/c1-3-18-17(21)13-8-10-14(11-9-13)19-12(2)15-6-4-5-7-16(15)20/h4-12,19-20H,3H2,1-2H3,(H,18,21). The summed E-state index contributed by atoms with van der Waals surface area (Å²) in [6.45, 7) is 4.48. The predicted octanol–water partition coefficient (Wildman–Crippen LogP) is 3.32. The minimum atomic E-state index is -0.0715. The van der Waals surface area contributed by atoms with E-state index < -0.39 is 0 Å². The van der Waals surface area contributed by atoms with Crippen LogP contribution in [-0.2, 0) is 0 Å². The van der Waals surface area contributed by atoms with Crippen molar-refractivity contribution in [2.45, 2.75) is 19.9 Å². The van der Waals surface area contributed by atoms with Crippen LogP contribution in [0.1, 0.15) is 35.8 Å². The lowest BCUT2D eigenvalue weighted by Crippen LogP contribution is -2.22. The molecule has 0 saturated heterocycles. The van der Waals surface area contributed by atoms with Gasteiger partial charge in [0.25, 0.3) is 5.91 Å². The Balaban J connectivity index is 2.07. The van der Waals surface area contributed by atoms with E-state index in [4.69, 9.17) is 0 Å². The van der Waals surface area contributed by atoms with Gasteiger partial charge in [-0.3, -0.25) is 4.79 Å². The highest BCUT2D eigenvalue weighted by Gasteiger charge is 2.10. The second-order valence-corrected chi connectivity index (χ2v) is 4.86. The molecule has 2 rings (SSSR count). The molecule has 0 bridgehead atoms. The van der Waals surface area contributed by atoms with Crippen LogP contribution in [0, 0.1) is 0 Å². The van der Waals surface area contributed by atoms with Gasteiger partial charge in [0.15, 0.2) is 0 Å². The molecule has 0 aliphatic heterocycles. The van der Waals surface area contributed by atoms with E-state index in [-0.39, 0.29) is 17.7 Å². The van der Waals surface area contributed by atoms with Gasteiger partial charge in [0.05, 0.1) is 6.04 Å². The lowest BCUT2D eigenvalue weighted by Gasteiger charge is -2.17. The molecule has 1 unspecified atom stereocenters. The molecule has 1 amide bonds. The Bertz CT molecular complexity index is 608. The summed E-state index contributed by atoms with van der Waals surface area (Å²) in [5.41, 5.74) is 2.38. The molecule has 0 heterocycles. The third kappa shape index (κ3) is 3.75. The van der Waals surface area contributed by atoms with Crippen LogP contribution in [-0.4, -0.2) is 17.6 Å². The van der Waals surface area contributed by atoms with E-state index in [0.29, 0.717) is 12.1 Å². The van der Waals surface area contributed by atoms with Crippen LogP contribution in [0.4, 0.5) is 5.69 Å². The van der Waals surface area contributed by atoms with Crippen LogP contribution in [0.3, 0.4) is 0 Å². The van der Waals surface area contributed by atoms with E-state index in [1.807, 2.05) is 38.1 Å². The molecule has 0 saturated carbocycles. The Kier molecular flexibility index (Phi) is 4.82. The molecule has 4 nitrogen and oxygen atoms in total. The third-order valence-electron chi connectivity index (χ3n) is 3.27. The zero-order valence-electron chi connectivity index (χ0n) is 12.3. The average Bonchev–Trinajstić information content (AvgIpc) is 2.48. The van der Waals surface area contributed by atoms with Crippen molar-refractivity contribution < 1.29 is 9.90 Å². The summed E-state index contributed by atoms with van der Waals surface area (Å²) in [5.74, 6) is 0.203. The normalized spacial score (nSPS) is 11.7. The van der Waals surface area contributed by atoms with Gasteiger partial charge in [0, 0.05) is 23.4 Å². The first-order valence-electron chi connectivity index (χ1n) is 7.04. The number of aromatic hydroxyl groups is 1. The summed E-state index contributed by atoms with van der Waals surface area (Å²) < 4.78 is 0. The zero-order chi connectivity index (χ0) is 15.2. The summed E-state index contributed by atoms with van der Waals surface area (Å²) >= 11 is 0. The Hall–Kier alpha value is -2.49. The molecule has 1 atom stereocenters. The number of hydrogen-bond donors (Lipinski definition) is 3. The molecule has 0 spiro atoms. The van der Waals surface area contributed by atoms with Crippen molar-refractivity contribution in [1.82, 2.24) is 5.32 Å². The number of hydrogen-bond acceptors (Lipinski definition) is 3. The number of phenols is 1. The van der Waals surface area contributed by atoms with Crippen LogP contribution in [0.15, 0.2) is 48.5 Å². The van der Waals surface area contributed by atoms with Gasteiger partial charge in [0.2, 0.25) is 0 Å². The quantitative estimate of drug-likeness (QED) is 0.789. The van der Waals surface area contributed by atoms with Crippen molar-refractivity contribution in [2.24, 2.45) is 0 Å². The van der Waals surface area contributed by atoms with Crippen LogP contribution in [0.2, 0.25) is 0 Å². The molecule has 110 valence electrons. The van der Waals surface area contributed by atoms with Crippen molar-refractivity contribution >= 4 is 11.6 Å². The highest BCUT2D eigenvalue weighted by molar-refractivity contribution is 5.94. The second-order valence-electron chi connectivity index (χ2n) is 4.86. The van der Waals surface area contributed by atoms with Crippen molar-refractivity contribution in [3.05, 3.63) is 59.7 Å². The van der Waals surface area contributed by atoms with Gasteiger partial charge >= 0.3 is 0 Å². The summed E-state index contributed by atoms with van der Waals surface area (Å²) in [6, 6.07) is 14.5. The summed E-state index contributed by atoms with van der Waals surface area (Å²) in [4.78, 5) is 11.7. The Morgan fingerprint density at radius 1 is 1.14 bits per heavy atom. The van der Waals surface area contributed by atoms with Gasteiger partial charge in [-0.15, -0.1) is 0 Å². The molecule has 4 heteroatoms. The zero-order valence-corrected chi connectivity index (χ0v) is 12.3. The minimum Gasteiger partial charge on any atom is -0.508 e. The number of carbonyl (C=O) groups is 1. The van der Waals surface area contributed by atoms with Crippen molar-refractivity contribution in [2.75, 3.05) is 11.9 Å². The van der Waals surface area contributed by atoms with Crippen LogP contribution < -0.4 is 10.6 Å². The molecule has 3 N–H and O–H groups in total. The minimum absolute atomic E-state index is 0.0264. The van der Waals surface area contributed by atoms with Crippen LogP contribution >= 0.6 is 0 Å². The first-order valence-corrected chi connectivity index (χ1v) is 7.04. The maximum atomic E-state index is 11.7. The first kappa shape index (κ1) is 14.9. The number of nitrogens with one attached hydrogen (secondary N) is 2. The lowest BCUT2D eigenvalue weighted by molar-refractivity contribution is 0.0956. The first-order chi connectivity index (χ1) is 10.1.